The Morgan fingerprint density at radius 2 is 2.05 bits per heavy atom. The van der Waals surface area contributed by atoms with Gasteiger partial charge in [0.05, 0.1) is 12.8 Å². The maximum absolute atomic E-state index is 11.2. The first kappa shape index (κ1) is 12.8. The van der Waals surface area contributed by atoms with E-state index in [9.17, 15) is 4.79 Å². The number of nitrogens with zero attached hydrogens (tertiary/aromatic N) is 2. The fourth-order valence-corrected chi connectivity index (χ4v) is 1.53. The summed E-state index contributed by atoms with van der Waals surface area (Å²) in [6, 6.07) is 10.6. The molecule has 0 aliphatic carbocycles. The van der Waals surface area contributed by atoms with E-state index in [0.717, 1.165) is 5.56 Å². The molecule has 0 atom stereocenters. The molecule has 2 aromatic rings. The number of amides is 2. The van der Waals surface area contributed by atoms with Gasteiger partial charge in [-0.1, -0.05) is 12.1 Å². The van der Waals surface area contributed by atoms with Crippen LogP contribution in [0.4, 0.5) is 10.5 Å². The number of rotatable bonds is 3. The van der Waals surface area contributed by atoms with Gasteiger partial charge in [0, 0.05) is 24.4 Å². The quantitative estimate of drug-likeness (QED) is 0.881. The van der Waals surface area contributed by atoms with Crippen LogP contribution >= 0.6 is 0 Å². The van der Waals surface area contributed by atoms with Crippen molar-refractivity contribution < 1.29 is 9.53 Å². The van der Waals surface area contributed by atoms with Crippen LogP contribution in [0, 0.1) is 0 Å². The van der Waals surface area contributed by atoms with Gasteiger partial charge in [0.15, 0.2) is 0 Å². The molecule has 0 spiro atoms. The van der Waals surface area contributed by atoms with Crippen molar-refractivity contribution in [3.05, 3.63) is 36.4 Å². The molecule has 0 aliphatic rings. The molecule has 1 heterocycles. The zero-order valence-electron chi connectivity index (χ0n) is 10.7. The minimum absolute atomic E-state index is 0.266. The number of ether oxygens (including phenoxy) is 1. The Morgan fingerprint density at radius 3 is 2.68 bits per heavy atom. The molecular weight excluding hydrogens is 244 g/mol. The summed E-state index contributed by atoms with van der Waals surface area (Å²) < 4.78 is 4.96. The number of aromatic nitrogens is 2. The van der Waals surface area contributed by atoms with Crippen molar-refractivity contribution in [1.29, 1.82) is 0 Å². The number of hydrogen-bond donors (Lipinski definition) is 2. The molecule has 6 heteroatoms. The molecule has 2 N–H and O–H groups in total. The lowest BCUT2D eigenvalue weighted by molar-refractivity contribution is 0.254. The number of hydrogen-bond acceptors (Lipinski definition) is 4. The van der Waals surface area contributed by atoms with Gasteiger partial charge in [0.25, 0.3) is 0 Å². The molecule has 2 rings (SSSR count). The molecule has 1 aromatic carbocycles. The second-order valence-corrected chi connectivity index (χ2v) is 3.75. The first-order valence-electron chi connectivity index (χ1n) is 5.70. The lowest BCUT2D eigenvalue weighted by Gasteiger charge is -2.06. The first-order chi connectivity index (χ1) is 9.22. The molecule has 19 heavy (non-hydrogen) atoms. The SMILES string of the molecule is CNC(=O)Nc1cccc(-c2ccc(OC)nn2)c1. The van der Waals surface area contributed by atoms with Crippen LogP contribution < -0.4 is 15.4 Å². The summed E-state index contributed by atoms with van der Waals surface area (Å²) in [7, 11) is 3.10. The highest BCUT2D eigenvalue weighted by Gasteiger charge is 2.04. The molecule has 0 saturated carbocycles. The summed E-state index contributed by atoms with van der Waals surface area (Å²) in [4.78, 5) is 11.2. The maximum Gasteiger partial charge on any atom is 0.318 e. The second kappa shape index (κ2) is 5.81. The highest BCUT2D eigenvalue weighted by atomic mass is 16.5. The van der Waals surface area contributed by atoms with Crippen LogP contribution in [0.15, 0.2) is 36.4 Å². The molecule has 6 nitrogen and oxygen atoms in total. The Bertz CT molecular complexity index is 569. The fraction of sp³-hybridized carbons (Fsp3) is 0.154. The Labute approximate surface area is 110 Å². The van der Waals surface area contributed by atoms with Gasteiger partial charge in [0.2, 0.25) is 5.88 Å². The minimum Gasteiger partial charge on any atom is -0.480 e. The molecule has 2 amide bonds. The Kier molecular flexibility index (Phi) is 3.92. The zero-order chi connectivity index (χ0) is 13.7. The van der Waals surface area contributed by atoms with Crippen molar-refractivity contribution in [2.45, 2.75) is 0 Å². The van der Waals surface area contributed by atoms with E-state index in [1.165, 1.54) is 7.11 Å². The van der Waals surface area contributed by atoms with Gasteiger partial charge in [-0.05, 0) is 18.2 Å². The number of carbonyl (C=O) groups is 1. The monoisotopic (exact) mass is 258 g/mol. The van der Waals surface area contributed by atoms with Crippen LogP contribution in [0.25, 0.3) is 11.3 Å². The van der Waals surface area contributed by atoms with Gasteiger partial charge in [-0.3, -0.25) is 0 Å². The number of urea groups is 1. The zero-order valence-corrected chi connectivity index (χ0v) is 10.7. The third-order valence-electron chi connectivity index (χ3n) is 2.49. The molecule has 0 saturated heterocycles. The molecule has 0 radical (unpaired) electrons. The first-order valence-corrected chi connectivity index (χ1v) is 5.70. The third kappa shape index (κ3) is 3.19. The van der Waals surface area contributed by atoms with Gasteiger partial charge in [-0.15, -0.1) is 10.2 Å². The van der Waals surface area contributed by atoms with Crippen molar-refractivity contribution in [3.63, 3.8) is 0 Å². The van der Waals surface area contributed by atoms with Crippen molar-refractivity contribution in [3.8, 4) is 17.1 Å². The van der Waals surface area contributed by atoms with E-state index in [4.69, 9.17) is 4.74 Å². The average molecular weight is 258 g/mol. The molecule has 0 bridgehead atoms. The van der Waals surface area contributed by atoms with Gasteiger partial charge in [0.1, 0.15) is 0 Å². The summed E-state index contributed by atoms with van der Waals surface area (Å²) in [6.07, 6.45) is 0. The molecule has 0 unspecified atom stereocenters. The Morgan fingerprint density at radius 1 is 1.21 bits per heavy atom. The van der Waals surface area contributed by atoms with Crippen LogP contribution in [-0.2, 0) is 0 Å². The number of carbonyl (C=O) groups excluding carboxylic acids is 1. The van der Waals surface area contributed by atoms with Crippen LogP contribution in [0.2, 0.25) is 0 Å². The van der Waals surface area contributed by atoms with Gasteiger partial charge >= 0.3 is 6.03 Å². The van der Waals surface area contributed by atoms with Crippen LogP contribution in [0.5, 0.6) is 5.88 Å². The summed E-state index contributed by atoms with van der Waals surface area (Å²) in [5, 5.41) is 13.2. The average Bonchev–Trinajstić information content (AvgIpc) is 2.47. The number of nitrogens with one attached hydrogen (secondary N) is 2. The van der Waals surface area contributed by atoms with Gasteiger partial charge in [-0.25, -0.2) is 4.79 Å². The number of anilines is 1. The number of methoxy groups -OCH3 is 1. The minimum atomic E-state index is -0.266. The second-order valence-electron chi connectivity index (χ2n) is 3.75. The Balaban J connectivity index is 2.24. The fourth-order valence-electron chi connectivity index (χ4n) is 1.53. The van der Waals surface area contributed by atoms with E-state index in [0.29, 0.717) is 17.3 Å². The predicted octanol–water partition coefficient (Wildman–Crippen LogP) is 1.90. The molecule has 98 valence electrons. The normalized spacial score (nSPS) is 9.79. The topological polar surface area (TPSA) is 76.1 Å². The van der Waals surface area contributed by atoms with Crippen molar-refractivity contribution >= 4 is 11.7 Å². The summed E-state index contributed by atoms with van der Waals surface area (Å²) in [6.45, 7) is 0. The smallest absolute Gasteiger partial charge is 0.318 e. The van der Waals surface area contributed by atoms with Gasteiger partial charge in [-0.2, -0.15) is 0 Å². The molecule has 0 fully saturated rings. The molecular formula is C13H14N4O2. The summed E-state index contributed by atoms with van der Waals surface area (Å²) in [5.41, 5.74) is 2.26. The van der Waals surface area contributed by atoms with Crippen molar-refractivity contribution in [2.24, 2.45) is 0 Å². The summed E-state index contributed by atoms with van der Waals surface area (Å²) in [5.74, 6) is 0.461. The van der Waals surface area contributed by atoms with Crippen LogP contribution in [0.1, 0.15) is 0 Å². The number of benzene rings is 1. The lowest BCUT2D eigenvalue weighted by Crippen LogP contribution is -2.24. The largest absolute Gasteiger partial charge is 0.480 e. The van der Waals surface area contributed by atoms with Crippen molar-refractivity contribution in [1.82, 2.24) is 15.5 Å². The standard InChI is InChI=1S/C13H14N4O2/c1-14-13(18)15-10-5-3-4-9(8-10)11-6-7-12(19-2)17-16-11/h3-8H,1-2H3,(H2,14,15,18). The van der Waals surface area contributed by atoms with Gasteiger partial charge < -0.3 is 15.4 Å². The van der Waals surface area contributed by atoms with Crippen molar-refractivity contribution in [2.75, 3.05) is 19.5 Å². The van der Waals surface area contributed by atoms with Crippen LogP contribution in [-0.4, -0.2) is 30.4 Å². The lowest BCUT2D eigenvalue weighted by atomic mass is 10.1. The van der Waals surface area contributed by atoms with E-state index < -0.39 is 0 Å². The van der Waals surface area contributed by atoms with Crippen LogP contribution in [0.3, 0.4) is 0 Å². The Hall–Kier alpha value is -2.63. The van der Waals surface area contributed by atoms with E-state index >= 15 is 0 Å². The molecule has 0 aliphatic heterocycles. The van der Waals surface area contributed by atoms with E-state index in [1.807, 2.05) is 24.3 Å². The highest BCUT2D eigenvalue weighted by molar-refractivity contribution is 5.89. The molecule has 1 aromatic heterocycles. The predicted molar refractivity (Wildman–Crippen MR) is 72.1 cm³/mol. The summed E-state index contributed by atoms with van der Waals surface area (Å²) >= 11 is 0. The third-order valence-corrected chi connectivity index (χ3v) is 2.49. The maximum atomic E-state index is 11.2. The highest BCUT2D eigenvalue weighted by Crippen LogP contribution is 2.21. The van der Waals surface area contributed by atoms with E-state index in [2.05, 4.69) is 20.8 Å². The van der Waals surface area contributed by atoms with E-state index in [1.54, 1.807) is 19.2 Å². The van der Waals surface area contributed by atoms with E-state index in [-0.39, 0.29) is 6.03 Å².